The first-order valence-corrected chi connectivity index (χ1v) is 14.7. The summed E-state index contributed by atoms with van der Waals surface area (Å²) in [6.45, 7) is 10.2. The molecular formula is C33H43N7. The number of para-hydroxylation sites is 1. The van der Waals surface area contributed by atoms with Crippen LogP contribution in [0.2, 0.25) is 0 Å². The highest BCUT2D eigenvalue weighted by Gasteiger charge is 2.12. The molecule has 0 spiro atoms. The maximum absolute atomic E-state index is 4.95. The SMILES string of the molecule is c1ccc(-c2cc(NCc3cccc(CN4CCCNCCNCCCNCC4)c3)n(-c3ccccc3)n2)cc1. The number of rotatable bonds is 7. The number of benzene rings is 3. The van der Waals surface area contributed by atoms with Gasteiger partial charge in [0, 0.05) is 50.9 Å². The van der Waals surface area contributed by atoms with Crippen LogP contribution in [-0.2, 0) is 13.1 Å². The van der Waals surface area contributed by atoms with Crippen LogP contribution in [0, 0.1) is 0 Å². The van der Waals surface area contributed by atoms with Crippen LogP contribution >= 0.6 is 0 Å². The maximum atomic E-state index is 4.95. The van der Waals surface area contributed by atoms with Crippen molar-refractivity contribution in [1.82, 2.24) is 30.6 Å². The van der Waals surface area contributed by atoms with Crippen molar-refractivity contribution in [3.63, 3.8) is 0 Å². The summed E-state index contributed by atoms with van der Waals surface area (Å²) in [7, 11) is 0. The van der Waals surface area contributed by atoms with E-state index in [0.29, 0.717) is 0 Å². The van der Waals surface area contributed by atoms with Gasteiger partial charge in [-0.25, -0.2) is 4.68 Å². The molecular weight excluding hydrogens is 494 g/mol. The second kappa shape index (κ2) is 15.3. The minimum atomic E-state index is 0.736. The van der Waals surface area contributed by atoms with Gasteiger partial charge < -0.3 is 21.3 Å². The Morgan fingerprint density at radius 2 is 1.35 bits per heavy atom. The minimum Gasteiger partial charge on any atom is -0.366 e. The number of aromatic nitrogens is 2. The molecule has 4 N–H and O–H groups in total. The Balaban J connectivity index is 1.25. The highest BCUT2D eigenvalue weighted by Crippen LogP contribution is 2.25. The summed E-state index contributed by atoms with van der Waals surface area (Å²) >= 11 is 0. The zero-order chi connectivity index (χ0) is 27.2. The Morgan fingerprint density at radius 1 is 0.650 bits per heavy atom. The van der Waals surface area contributed by atoms with E-state index in [-0.39, 0.29) is 0 Å². The van der Waals surface area contributed by atoms with E-state index in [4.69, 9.17) is 5.10 Å². The molecule has 1 fully saturated rings. The van der Waals surface area contributed by atoms with Crippen molar-refractivity contribution in [2.24, 2.45) is 0 Å². The predicted octanol–water partition coefficient (Wildman–Crippen LogP) is 4.52. The molecule has 3 aromatic carbocycles. The monoisotopic (exact) mass is 537 g/mol. The van der Waals surface area contributed by atoms with E-state index < -0.39 is 0 Å². The molecule has 0 saturated carbocycles. The van der Waals surface area contributed by atoms with Crippen molar-refractivity contribution in [1.29, 1.82) is 0 Å². The first kappa shape index (κ1) is 28.1. The van der Waals surface area contributed by atoms with Crippen LogP contribution < -0.4 is 21.3 Å². The van der Waals surface area contributed by atoms with Gasteiger partial charge in [0.1, 0.15) is 5.82 Å². The Labute approximate surface area is 239 Å². The van der Waals surface area contributed by atoms with Crippen LogP contribution in [0.5, 0.6) is 0 Å². The molecule has 7 nitrogen and oxygen atoms in total. The largest absolute Gasteiger partial charge is 0.366 e. The molecule has 1 aliphatic heterocycles. The average molecular weight is 538 g/mol. The fourth-order valence-electron chi connectivity index (χ4n) is 5.14. The van der Waals surface area contributed by atoms with Gasteiger partial charge >= 0.3 is 0 Å². The fourth-order valence-corrected chi connectivity index (χ4v) is 5.14. The lowest BCUT2D eigenvalue weighted by molar-refractivity contribution is 0.260. The topological polar surface area (TPSA) is 69.2 Å². The lowest BCUT2D eigenvalue weighted by atomic mass is 10.1. The van der Waals surface area contributed by atoms with Crippen LogP contribution in [-0.4, -0.2) is 67.0 Å². The molecule has 0 unspecified atom stereocenters. The molecule has 1 aromatic heterocycles. The number of nitrogens with zero attached hydrogens (tertiary/aromatic N) is 3. The van der Waals surface area contributed by atoms with Crippen molar-refractivity contribution in [2.45, 2.75) is 25.9 Å². The summed E-state index contributed by atoms with van der Waals surface area (Å²) in [4.78, 5) is 2.59. The normalized spacial score (nSPS) is 16.3. The molecule has 0 bridgehead atoms. The Bertz CT molecular complexity index is 1260. The quantitative estimate of drug-likeness (QED) is 0.278. The summed E-state index contributed by atoms with van der Waals surface area (Å²) in [6, 6.07) is 31.8. The molecule has 210 valence electrons. The smallest absolute Gasteiger partial charge is 0.130 e. The highest BCUT2D eigenvalue weighted by atomic mass is 15.3. The van der Waals surface area contributed by atoms with Crippen LogP contribution in [0.3, 0.4) is 0 Å². The van der Waals surface area contributed by atoms with Gasteiger partial charge in [-0.2, -0.15) is 5.10 Å². The van der Waals surface area contributed by atoms with E-state index in [9.17, 15) is 0 Å². The lowest BCUT2D eigenvalue weighted by Crippen LogP contribution is -2.36. The van der Waals surface area contributed by atoms with Gasteiger partial charge in [0.25, 0.3) is 0 Å². The molecule has 0 amide bonds. The Hall–Kier alpha value is -3.49. The first-order chi connectivity index (χ1) is 19.8. The average Bonchev–Trinajstić information content (AvgIpc) is 3.43. The van der Waals surface area contributed by atoms with Gasteiger partial charge in [0.05, 0.1) is 11.4 Å². The first-order valence-electron chi connectivity index (χ1n) is 14.7. The van der Waals surface area contributed by atoms with Crippen LogP contribution in [0.15, 0.2) is 91.0 Å². The third-order valence-electron chi connectivity index (χ3n) is 7.27. The zero-order valence-corrected chi connectivity index (χ0v) is 23.5. The second-order valence-electron chi connectivity index (χ2n) is 10.4. The van der Waals surface area contributed by atoms with Crippen molar-refractivity contribution in [3.05, 3.63) is 102 Å². The fraction of sp³-hybridized carbons (Fsp3) is 0.364. The molecule has 5 rings (SSSR count). The van der Waals surface area contributed by atoms with E-state index in [0.717, 1.165) is 94.6 Å². The molecule has 1 aliphatic rings. The van der Waals surface area contributed by atoms with Gasteiger partial charge in [0.15, 0.2) is 0 Å². The molecule has 0 radical (unpaired) electrons. The highest BCUT2D eigenvalue weighted by molar-refractivity contribution is 5.64. The second-order valence-corrected chi connectivity index (χ2v) is 10.4. The summed E-state index contributed by atoms with van der Waals surface area (Å²) in [5.41, 5.74) is 5.75. The molecule has 2 heterocycles. The van der Waals surface area contributed by atoms with Crippen molar-refractivity contribution >= 4 is 5.82 Å². The number of anilines is 1. The van der Waals surface area contributed by atoms with Crippen LogP contribution in [0.4, 0.5) is 5.82 Å². The van der Waals surface area contributed by atoms with Gasteiger partial charge in [-0.1, -0.05) is 72.8 Å². The van der Waals surface area contributed by atoms with Gasteiger partial charge in [-0.05, 0) is 62.3 Å². The van der Waals surface area contributed by atoms with Crippen molar-refractivity contribution < 1.29 is 0 Å². The zero-order valence-electron chi connectivity index (χ0n) is 23.5. The van der Waals surface area contributed by atoms with Crippen LogP contribution in [0.25, 0.3) is 16.9 Å². The molecule has 0 aliphatic carbocycles. The summed E-state index contributed by atoms with van der Waals surface area (Å²) in [5.74, 6) is 0.985. The Kier molecular flexibility index (Phi) is 10.8. The van der Waals surface area contributed by atoms with Gasteiger partial charge in [-0.15, -0.1) is 0 Å². The number of hydrogen-bond donors (Lipinski definition) is 4. The predicted molar refractivity (Wildman–Crippen MR) is 166 cm³/mol. The third kappa shape index (κ3) is 8.50. The summed E-state index contributed by atoms with van der Waals surface area (Å²) in [6.07, 6.45) is 2.33. The molecule has 1 saturated heterocycles. The maximum Gasteiger partial charge on any atom is 0.130 e. The summed E-state index contributed by atoms with van der Waals surface area (Å²) in [5, 5.41) is 19.3. The molecule has 7 heteroatoms. The van der Waals surface area contributed by atoms with E-state index >= 15 is 0 Å². The van der Waals surface area contributed by atoms with E-state index in [1.54, 1.807) is 0 Å². The van der Waals surface area contributed by atoms with E-state index in [1.807, 2.05) is 16.8 Å². The third-order valence-corrected chi connectivity index (χ3v) is 7.27. The van der Waals surface area contributed by atoms with Gasteiger partial charge in [0.2, 0.25) is 0 Å². The molecule has 0 atom stereocenters. The molecule has 40 heavy (non-hydrogen) atoms. The van der Waals surface area contributed by atoms with Gasteiger partial charge in [-0.3, -0.25) is 4.90 Å². The standard InChI is InChI=1S/C33H43N7/c1-3-12-30(13-4-1)32-25-33(40(38-32)31-14-5-2-6-15-31)37-26-28-10-7-11-29(24-28)27-39-22-9-18-35-20-19-34-16-8-17-36-21-23-39/h1-7,10-15,24-25,34-37H,8-9,16-23,26-27H2. The number of hydrogen-bond acceptors (Lipinski definition) is 6. The molecule has 4 aromatic rings. The minimum absolute atomic E-state index is 0.736. The van der Waals surface area contributed by atoms with Crippen molar-refractivity contribution in [2.75, 3.05) is 57.7 Å². The van der Waals surface area contributed by atoms with E-state index in [2.05, 4.69) is 105 Å². The Morgan fingerprint density at radius 3 is 2.15 bits per heavy atom. The lowest BCUT2D eigenvalue weighted by Gasteiger charge is -2.23. The number of nitrogens with one attached hydrogen (secondary N) is 4. The van der Waals surface area contributed by atoms with Crippen LogP contribution in [0.1, 0.15) is 24.0 Å². The van der Waals surface area contributed by atoms with Crippen molar-refractivity contribution in [3.8, 4) is 16.9 Å². The summed E-state index contributed by atoms with van der Waals surface area (Å²) < 4.78 is 2.00. The van der Waals surface area contributed by atoms with E-state index in [1.165, 1.54) is 17.5 Å².